The lowest BCUT2D eigenvalue weighted by Crippen LogP contribution is -2.28. The first-order valence-corrected chi connectivity index (χ1v) is 10.5. The highest BCUT2D eigenvalue weighted by Gasteiger charge is 2.15. The first-order valence-electron chi connectivity index (χ1n) is 10.5. The summed E-state index contributed by atoms with van der Waals surface area (Å²) in [5.74, 6) is 1.98. The Kier molecular flexibility index (Phi) is 6.34. The van der Waals surface area contributed by atoms with Crippen LogP contribution in [0.1, 0.15) is 44.9 Å². The van der Waals surface area contributed by atoms with Crippen LogP contribution in [0.4, 0.5) is 0 Å². The molecule has 3 aromatic rings. The van der Waals surface area contributed by atoms with Crippen molar-refractivity contribution in [2.75, 3.05) is 13.2 Å². The van der Waals surface area contributed by atoms with E-state index < -0.39 is 0 Å². The maximum absolute atomic E-state index is 12.0. The Bertz CT molecular complexity index is 935. The van der Waals surface area contributed by atoms with E-state index in [1.807, 2.05) is 36.4 Å². The fourth-order valence-electron chi connectivity index (χ4n) is 3.86. The third kappa shape index (κ3) is 5.10. The molecule has 1 saturated carbocycles. The Hall–Kier alpha value is -2.96. The maximum Gasteiger partial charge on any atom is 0.231 e. The van der Waals surface area contributed by atoms with E-state index in [9.17, 15) is 4.79 Å². The summed E-state index contributed by atoms with van der Waals surface area (Å²) >= 11 is 0. The van der Waals surface area contributed by atoms with Crippen LogP contribution in [-0.4, -0.2) is 38.9 Å². The SMILES string of the molecule is O=C(CCC1CCCCC1)NCCOc1ccc2nnc(-c3ccccc3)n2n1. The molecule has 1 aromatic carbocycles. The predicted octanol–water partition coefficient (Wildman–Crippen LogP) is 3.65. The van der Waals surface area contributed by atoms with Gasteiger partial charge in [-0.1, -0.05) is 62.4 Å². The second-order valence-electron chi connectivity index (χ2n) is 7.57. The average Bonchev–Trinajstić information content (AvgIpc) is 3.20. The number of hydrogen-bond acceptors (Lipinski definition) is 5. The maximum atomic E-state index is 12.0. The van der Waals surface area contributed by atoms with Crippen LogP contribution >= 0.6 is 0 Å². The van der Waals surface area contributed by atoms with Gasteiger partial charge in [0.1, 0.15) is 6.61 Å². The Morgan fingerprint density at radius 1 is 1.07 bits per heavy atom. The molecular formula is C22H27N5O2. The van der Waals surface area contributed by atoms with Crippen LogP contribution in [-0.2, 0) is 4.79 Å². The zero-order valence-corrected chi connectivity index (χ0v) is 16.6. The minimum atomic E-state index is 0.104. The van der Waals surface area contributed by atoms with E-state index in [2.05, 4.69) is 20.6 Å². The molecule has 152 valence electrons. The molecule has 0 saturated heterocycles. The van der Waals surface area contributed by atoms with Crippen LogP contribution in [0.25, 0.3) is 17.0 Å². The normalized spacial score (nSPS) is 14.8. The van der Waals surface area contributed by atoms with Crippen molar-refractivity contribution in [3.05, 3.63) is 42.5 Å². The molecule has 2 aromatic heterocycles. The van der Waals surface area contributed by atoms with Gasteiger partial charge in [0, 0.05) is 18.1 Å². The third-order valence-electron chi connectivity index (χ3n) is 5.45. The summed E-state index contributed by atoms with van der Waals surface area (Å²) in [5.41, 5.74) is 1.60. The number of benzene rings is 1. The van der Waals surface area contributed by atoms with Crippen molar-refractivity contribution in [2.45, 2.75) is 44.9 Å². The van der Waals surface area contributed by atoms with E-state index in [4.69, 9.17) is 4.74 Å². The molecule has 0 spiro atoms. The van der Waals surface area contributed by atoms with Gasteiger partial charge in [0.15, 0.2) is 11.5 Å². The molecule has 1 fully saturated rings. The first-order chi connectivity index (χ1) is 14.3. The lowest BCUT2D eigenvalue weighted by atomic mass is 9.86. The molecule has 1 amide bonds. The van der Waals surface area contributed by atoms with Crippen molar-refractivity contribution in [3.63, 3.8) is 0 Å². The minimum Gasteiger partial charge on any atom is -0.475 e. The van der Waals surface area contributed by atoms with Crippen LogP contribution in [0.15, 0.2) is 42.5 Å². The zero-order chi connectivity index (χ0) is 19.9. The van der Waals surface area contributed by atoms with Crippen LogP contribution in [0, 0.1) is 5.92 Å². The molecule has 29 heavy (non-hydrogen) atoms. The van der Waals surface area contributed by atoms with Crippen molar-refractivity contribution >= 4 is 11.6 Å². The highest BCUT2D eigenvalue weighted by Crippen LogP contribution is 2.27. The molecule has 0 aliphatic heterocycles. The van der Waals surface area contributed by atoms with Crippen LogP contribution in [0.5, 0.6) is 5.88 Å². The molecular weight excluding hydrogens is 366 g/mol. The van der Waals surface area contributed by atoms with Gasteiger partial charge in [0.2, 0.25) is 11.8 Å². The molecule has 2 heterocycles. The minimum absolute atomic E-state index is 0.104. The van der Waals surface area contributed by atoms with Crippen molar-refractivity contribution in [1.29, 1.82) is 0 Å². The number of rotatable bonds is 8. The molecule has 4 rings (SSSR count). The Morgan fingerprint density at radius 2 is 1.90 bits per heavy atom. The monoisotopic (exact) mass is 393 g/mol. The second-order valence-corrected chi connectivity index (χ2v) is 7.57. The zero-order valence-electron chi connectivity index (χ0n) is 16.6. The molecule has 0 bridgehead atoms. The molecule has 0 atom stereocenters. The molecule has 7 nitrogen and oxygen atoms in total. The summed E-state index contributed by atoms with van der Waals surface area (Å²) < 4.78 is 7.39. The summed E-state index contributed by atoms with van der Waals surface area (Å²) in [4.78, 5) is 12.0. The fraction of sp³-hybridized carbons (Fsp3) is 0.455. The summed E-state index contributed by atoms with van der Waals surface area (Å²) in [6.45, 7) is 0.841. The van der Waals surface area contributed by atoms with Gasteiger partial charge in [-0.3, -0.25) is 4.79 Å². The highest BCUT2D eigenvalue weighted by atomic mass is 16.5. The number of nitrogens with zero attached hydrogens (tertiary/aromatic N) is 4. The van der Waals surface area contributed by atoms with E-state index in [1.165, 1.54) is 32.1 Å². The van der Waals surface area contributed by atoms with E-state index in [0.717, 1.165) is 17.9 Å². The smallest absolute Gasteiger partial charge is 0.231 e. The average molecular weight is 393 g/mol. The van der Waals surface area contributed by atoms with E-state index in [1.54, 1.807) is 10.6 Å². The number of amides is 1. The number of fused-ring (bicyclic) bond motifs is 1. The topological polar surface area (TPSA) is 81.4 Å². The van der Waals surface area contributed by atoms with Gasteiger partial charge in [-0.15, -0.1) is 15.3 Å². The summed E-state index contributed by atoms with van der Waals surface area (Å²) in [6, 6.07) is 13.4. The summed E-state index contributed by atoms with van der Waals surface area (Å²) in [7, 11) is 0. The molecule has 1 N–H and O–H groups in total. The third-order valence-corrected chi connectivity index (χ3v) is 5.45. The van der Waals surface area contributed by atoms with Crippen molar-refractivity contribution in [3.8, 4) is 17.3 Å². The number of aromatic nitrogens is 4. The van der Waals surface area contributed by atoms with Gasteiger partial charge < -0.3 is 10.1 Å². The van der Waals surface area contributed by atoms with Crippen molar-refractivity contribution in [2.24, 2.45) is 5.92 Å². The number of carbonyl (C=O) groups is 1. The van der Waals surface area contributed by atoms with Crippen LogP contribution in [0.3, 0.4) is 0 Å². The first kappa shape index (κ1) is 19.4. The molecule has 7 heteroatoms. The van der Waals surface area contributed by atoms with Gasteiger partial charge in [-0.2, -0.15) is 4.52 Å². The van der Waals surface area contributed by atoms with E-state index >= 15 is 0 Å². The number of ether oxygens (including phenoxy) is 1. The highest BCUT2D eigenvalue weighted by molar-refractivity contribution is 5.75. The second kappa shape index (κ2) is 9.49. The Morgan fingerprint density at radius 3 is 2.72 bits per heavy atom. The van der Waals surface area contributed by atoms with Gasteiger partial charge in [0.25, 0.3) is 0 Å². The number of nitrogens with one attached hydrogen (secondary N) is 1. The lowest BCUT2D eigenvalue weighted by Gasteiger charge is -2.20. The van der Waals surface area contributed by atoms with Gasteiger partial charge >= 0.3 is 0 Å². The van der Waals surface area contributed by atoms with Gasteiger partial charge in [-0.05, 0) is 18.4 Å². The van der Waals surface area contributed by atoms with E-state index in [-0.39, 0.29) is 5.91 Å². The quantitative estimate of drug-likeness (QED) is 0.591. The van der Waals surface area contributed by atoms with Gasteiger partial charge in [-0.25, -0.2) is 0 Å². The van der Waals surface area contributed by atoms with Crippen LogP contribution < -0.4 is 10.1 Å². The largest absolute Gasteiger partial charge is 0.475 e. The molecule has 1 aliphatic rings. The summed E-state index contributed by atoms with van der Waals surface area (Å²) in [5, 5.41) is 15.8. The van der Waals surface area contributed by atoms with Gasteiger partial charge in [0.05, 0.1) is 6.54 Å². The Labute approximate surface area is 170 Å². The molecule has 1 aliphatic carbocycles. The van der Waals surface area contributed by atoms with E-state index in [0.29, 0.717) is 36.9 Å². The standard InChI is InChI=1S/C22H27N5O2/c28-20(13-11-17-7-3-1-4-8-17)23-15-16-29-21-14-12-19-24-25-22(27(19)26-21)18-9-5-2-6-10-18/h2,5-6,9-10,12,14,17H,1,3-4,7-8,11,13,15-16H2,(H,23,28). The van der Waals surface area contributed by atoms with Crippen molar-refractivity contribution < 1.29 is 9.53 Å². The van der Waals surface area contributed by atoms with Crippen LogP contribution in [0.2, 0.25) is 0 Å². The fourth-order valence-corrected chi connectivity index (χ4v) is 3.86. The molecule has 0 radical (unpaired) electrons. The molecule has 0 unspecified atom stereocenters. The van der Waals surface area contributed by atoms with Crippen molar-refractivity contribution in [1.82, 2.24) is 25.1 Å². The number of hydrogen-bond donors (Lipinski definition) is 1. The number of carbonyl (C=O) groups excluding carboxylic acids is 1. The predicted molar refractivity (Wildman–Crippen MR) is 111 cm³/mol. The summed E-state index contributed by atoms with van der Waals surface area (Å²) in [6.07, 6.45) is 8.14. The Balaban J connectivity index is 1.26. The lowest BCUT2D eigenvalue weighted by molar-refractivity contribution is -0.121.